The fourth-order valence-corrected chi connectivity index (χ4v) is 4.32. The van der Waals surface area contributed by atoms with Gasteiger partial charge in [-0.1, -0.05) is 68.8 Å². The zero-order valence-electron chi connectivity index (χ0n) is 19.8. The summed E-state index contributed by atoms with van der Waals surface area (Å²) in [5.74, 6) is -2.08. The highest BCUT2D eigenvalue weighted by molar-refractivity contribution is 5.89. The van der Waals surface area contributed by atoms with Gasteiger partial charge in [0, 0.05) is 12.0 Å². The molecule has 34 heavy (non-hydrogen) atoms. The van der Waals surface area contributed by atoms with Gasteiger partial charge in [-0.3, -0.25) is 4.79 Å². The number of nitrogens with one attached hydrogen (secondary N) is 2. The minimum Gasteiger partial charge on any atom is -0.480 e. The van der Waals surface area contributed by atoms with Crippen LogP contribution in [0, 0.1) is 5.92 Å². The Kier molecular flexibility index (Phi) is 8.28. The first kappa shape index (κ1) is 25.2. The molecule has 0 aromatic heterocycles. The van der Waals surface area contributed by atoms with Gasteiger partial charge in [-0.15, -0.1) is 0 Å². The lowest BCUT2D eigenvalue weighted by Gasteiger charge is -2.26. The summed E-state index contributed by atoms with van der Waals surface area (Å²) < 4.78 is 5.57. The Bertz CT molecular complexity index is 993. The van der Waals surface area contributed by atoms with Crippen molar-refractivity contribution in [3.63, 3.8) is 0 Å². The van der Waals surface area contributed by atoms with Gasteiger partial charge in [0.1, 0.15) is 18.7 Å². The summed E-state index contributed by atoms with van der Waals surface area (Å²) in [5, 5.41) is 14.6. The van der Waals surface area contributed by atoms with Crippen LogP contribution in [-0.4, -0.2) is 47.8 Å². The molecule has 2 aromatic rings. The first-order chi connectivity index (χ1) is 16.2. The summed E-state index contributed by atoms with van der Waals surface area (Å²) in [5.41, 5.74) is 10.1. The van der Waals surface area contributed by atoms with Gasteiger partial charge in [0.2, 0.25) is 5.91 Å². The number of amides is 2. The van der Waals surface area contributed by atoms with Crippen molar-refractivity contribution in [1.29, 1.82) is 0 Å². The maximum Gasteiger partial charge on any atom is 0.407 e. The van der Waals surface area contributed by atoms with Crippen molar-refractivity contribution in [2.45, 2.75) is 57.7 Å². The molecule has 1 aliphatic carbocycles. The molecule has 8 nitrogen and oxygen atoms in total. The second-order valence-electron chi connectivity index (χ2n) is 8.95. The first-order valence-corrected chi connectivity index (χ1v) is 11.6. The van der Waals surface area contributed by atoms with Crippen LogP contribution in [0.5, 0.6) is 0 Å². The molecule has 8 heteroatoms. The van der Waals surface area contributed by atoms with E-state index >= 15 is 0 Å². The van der Waals surface area contributed by atoms with E-state index in [1.807, 2.05) is 50.2 Å². The number of aliphatic carboxylic acids is 1. The number of nitrogens with two attached hydrogens (primary N) is 1. The molecular formula is C26H33N3O5. The molecule has 1 aliphatic rings. The molecule has 0 radical (unpaired) electrons. The summed E-state index contributed by atoms with van der Waals surface area (Å²) in [4.78, 5) is 37.1. The van der Waals surface area contributed by atoms with Gasteiger partial charge in [-0.2, -0.15) is 0 Å². The summed E-state index contributed by atoms with van der Waals surface area (Å²) >= 11 is 0. The standard InChI is InChI=1S/C26H33N3O5/c1-4-15(2)23(24(30)28-22(25(31)32)13-16(3)27)29-26(33)34-14-21-19-11-7-5-9-17(19)18-10-6-8-12-20(18)21/h5-12,15-16,21-23H,4,13-14,27H2,1-3H3,(H,28,30)(H,29,33)(H,31,32)/t15-,16?,22-,23-/m0/s1. The van der Waals surface area contributed by atoms with Crippen LogP contribution in [0.15, 0.2) is 48.5 Å². The fraction of sp³-hybridized carbons (Fsp3) is 0.423. The maximum absolute atomic E-state index is 12.9. The van der Waals surface area contributed by atoms with E-state index in [4.69, 9.17) is 10.5 Å². The smallest absolute Gasteiger partial charge is 0.407 e. The van der Waals surface area contributed by atoms with Gasteiger partial charge in [0.15, 0.2) is 0 Å². The Morgan fingerprint density at radius 1 is 1.00 bits per heavy atom. The molecule has 0 spiro atoms. The molecular weight excluding hydrogens is 434 g/mol. The van der Waals surface area contributed by atoms with Crippen molar-refractivity contribution in [3.8, 4) is 11.1 Å². The van der Waals surface area contributed by atoms with Crippen LogP contribution in [0.3, 0.4) is 0 Å². The van der Waals surface area contributed by atoms with E-state index < -0.39 is 36.1 Å². The first-order valence-electron chi connectivity index (χ1n) is 11.6. The second-order valence-corrected chi connectivity index (χ2v) is 8.95. The SMILES string of the molecule is CC[C@H](C)[C@H](NC(=O)OCC1c2ccccc2-c2ccccc21)C(=O)N[C@@H](CC(C)N)C(=O)O. The Morgan fingerprint density at radius 3 is 2.06 bits per heavy atom. The predicted octanol–water partition coefficient (Wildman–Crippen LogP) is 3.25. The maximum atomic E-state index is 12.9. The van der Waals surface area contributed by atoms with Crippen molar-refractivity contribution >= 4 is 18.0 Å². The lowest BCUT2D eigenvalue weighted by molar-refractivity contribution is -0.142. The summed E-state index contributed by atoms with van der Waals surface area (Å²) in [6, 6.07) is 13.6. The lowest BCUT2D eigenvalue weighted by Crippen LogP contribution is -2.55. The number of carboxylic acids is 1. The lowest BCUT2D eigenvalue weighted by atomic mass is 9.97. The van der Waals surface area contributed by atoms with E-state index in [-0.39, 0.29) is 24.9 Å². The molecule has 4 atom stereocenters. The molecule has 0 saturated heterocycles. The number of benzene rings is 2. The van der Waals surface area contributed by atoms with Crippen LogP contribution in [0.4, 0.5) is 4.79 Å². The second kappa shape index (κ2) is 11.2. The number of hydrogen-bond acceptors (Lipinski definition) is 5. The van der Waals surface area contributed by atoms with E-state index in [1.54, 1.807) is 6.92 Å². The number of carbonyl (C=O) groups excluding carboxylic acids is 2. The topological polar surface area (TPSA) is 131 Å². The molecule has 3 rings (SSSR count). The normalized spacial score (nSPS) is 15.9. The Hall–Kier alpha value is -3.39. The summed E-state index contributed by atoms with van der Waals surface area (Å²) in [7, 11) is 0. The third kappa shape index (κ3) is 5.75. The quantitative estimate of drug-likeness (QED) is 0.424. The van der Waals surface area contributed by atoms with E-state index in [0.717, 1.165) is 22.3 Å². The molecule has 0 bridgehead atoms. The highest BCUT2D eigenvalue weighted by atomic mass is 16.5. The monoisotopic (exact) mass is 467 g/mol. The van der Waals surface area contributed by atoms with E-state index in [2.05, 4.69) is 22.8 Å². The minimum atomic E-state index is -1.17. The summed E-state index contributed by atoms with van der Waals surface area (Å²) in [6.45, 7) is 5.50. The highest BCUT2D eigenvalue weighted by Crippen LogP contribution is 2.44. The molecule has 1 unspecified atom stereocenters. The van der Waals surface area contributed by atoms with Gasteiger partial charge < -0.3 is 26.2 Å². The number of carboxylic acid groups (broad SMARTS) is 1. The fourth-order valence-electron chi connectivity index (χ4n) is 4.32. The average molecular weight is 468 g/mol. The number of ether oxygens (including phenoxy) is 1. The molecule has 0 aliphatic heterocycles. The van der Waals surface area contributed by atoms with Gasteiger partial charge in [0.25, 0.3) is 0 Å². The zero-order chi connectivity index (χ0) is 24.8. The number of alkyl carbamates (subject to hydrolysis) is 1. The average Bonchev–Trinajstić information content (AvgIpc) is 3.13. The van der Waals surface area contributed by atoms with Crippen molar-refractivity contribution < 1.29 is 24.2 Å². The number of fused-ring (bicyclic) bond motifs is 3. The molecule has 182 valence electrons. The Morgan fingerprint density at radius 2 is 1.56 bits per heavy atom. The Balaban J connectivity index is 1.68. The van der Waals surface area contributed by atoms with Crippen LogP contribution >= 0.6 is 0 Å². The summed E-state index contributed by atoms with van der Waals surface area (Å²) in [6.07, 6.45) is -0.0344. The molecule has 2 aromatic carbocycles. The van der Waals surface area contributed by atoms with Crippen molar-refractivity contribution in [2.24, 2.45) is 11.7 Å². The van der Waals surface area contributed by atoms with Crippen molar-refractivity contribution in [3.05, 3.63) is 59.7 Å². The Labute approximate surface area is 199 Å². The number of hydrogen-bond donors (Lipinski definition) is 4. The molecule has 0 fully saturated rings. The van der Waals surface area contributed by atoms with E-state index in [9.17, 15) is 19.5 Å². The van der Waals surface area contributed by atoms with Crippen molar-refractivity contribution in [2.75, 3.05) is 6.61 Å². The number of carbonyl (C=O) groups is 3. The van der Waals surface area contributed by atoms with Crippen LogP contribution in [0.25, 0.3) is 11.1 Å². The van der Waals surface area contributed by atoms with Crippen LogP contribution in [-0.2, 0) is 14.3 Å². The van der Waals surface area contributed by atoms with Crippen LogP contribution in [0.1, 0.15) is 50.7 Å². The number of rotatable bonds is 10. The van der Waals surface area contributed by atoms with Crippen molar-refractivity contribution in [1.82, 2.24) is 10.6 Å². The van der Waals surface area contributed by atoms with Crippen LogP contribution in [0.2, 0.25) is 0 Å². The molecule has 2 amide bonds. The van der Waals surface area contributed by atoms with Gasteiger partial charge >= 0.3 is 12.1 Å². The highest BCUT2D eigenvalue weighted by Gasteiger charge is 2.32. The third-order valence-electron chi connectivity index (χ3n) is 6.33. The zero-order valence-corrected chi connectivity index (χ0v) is 19.8. The third-order valence-corrected chi connectivity index (χ3v) is 6.33. The van der Waals surface area contributed by atoms with E-state index in [1.165, 1.54) is 0 Å². The molecule has 0 heterocycles. The van der Waals surface area contributed by atoms with Gasteiger partial charge in [0.05, 0.1) is 0 Å². The van der Waals surface area contributed by atoms with E-state index in [0.29, 0.717) is 6.42 Å². The largest absolute Gasteiger partial charge is 0.480 e. The van der Waals surface area contributed by atoms with Gasteiger partial charge in [-0.25, -0.2) is 9.59 Å². The molecule has 5 N–H and O–H groups in total. The minimum absolute atomic E-state index is 0.0826. The van der Waals surface area contributed by atoms with Crippen LogP contribution < -0.4 is 16.4 Å². The predicted molar refractivity (Wildman–Crippen MR) is 129 cm³/mol. The molecule has 0 saturated carbocycles. The van der Waals surface area contributed by atoms with Gasteiger partial charge in [-0.05, 0) is 41.5 Å².